The van der Waals surface area contributed by atoms with Crippen LogP contribution in [0.5, 0.6) is 0 Å². The normalized spacial score (nSPS) is 11.7. The molecule has 29 heavy (non-hydrogen) atoms. The van der Waals surface area contributed by atoms with E-state index in [-0.39, 0.29) is 18.2 Å². The third kappa shape index (κ3) is 5.71. The van der Waals surface area contributed by atoms with E-state index in [2.05, 4.69) is 25.8 Å². The van der Waals surface area contributed by atoms with Crippen LogP contribution in [0.2, 0.25) is 0 Å². The summed E-state index contributed by atoms with van der Waals surface area (Å²) < 4.78 is 12.9. The topological polar surface area (TPSA) is 99.8 Å². The second-order valence-corrected chi connectivity index (χ2v) is 6.56. The summed E-state index contributed by atoms with van der Waals surface area (Å²) in [5.74, 6) is 0.291. The van der Waals surface area contributed by atoms with E-state index in [9.17, 15) is 14.0 Å². The van der Waals surface area contributed by atoms with Crippen LogP contribution in [-0.2, 0) is 4.79 Å². The van der Waals surface area contributed by atoms with Gasteiger partial charge in [0.15, 0.2) is 5.82 Å². The van der Waals surface area contributed by atoms with Crippen molar-refractivity contribution in [2.24, 2.45) is 0 Å². The fourth-order valence-electron chi connectivity index (χ4n) is 2.82. The summed E-state index contributed by atoms with van der Waals surface area (Å²) in [6, 6.07) is 14.3. The van der Waals surface area contributed by atoms with Crippen molar-refractivity contribution < 1.29 is 14.0 Å². The van der Waals surface area contributed by atoms with E-state index in [0.717, 1.165) is 5.56 Å². The molecule has 150 valence electrons. The van der Waals surface area contributed by atoms with Gasteiger partial charge in [0.25, 0.3) is 5.91 Å². The fourth-order valence-corrected chi connectivity index (χ4v) is 2.82. The standard InChI is InChI=1S/C21H22FN5O2/c1-14-24-20(27-26-14)19(15-6-3-2-4-7-15)25-18(28)8-5-13-23-21(29)16-9-11-17(22)12-10-16/h2-4,6-7,9-12,19H,5,8,13H2,1H3,(H,23,29)(H,25,28)(H,24,26,27). The molecule has 1 aromatic heterocycles. The Bertz CT molecular complexity index is 957. The van der Waals surface area contributed by atoms with Crippen molar-refractivity contribution in [3.8, 4) is 0 Å². The van der Waals surface area contributed by atoms with Crippen LogP contribution in [0, 0.1) is 12.7 Å². The Hall–Kier alpha value is -3.55. The molecule has 0 bridgehead atoms. The Balaban J connectivity index is 1.51. The lowest BCUT2D eigenvalue weighted by atomic mass is 10.1. The predicted octanol–water partition coefficient (Wildman–Crippen LogP) is 2.67. The molecule has 0 fully saturated rings. The van der Waals surface area contributed by atoms with Gasteiger partial charge >= 0.3 is 0 Å². The SMILES string of the molecule is Cc1nc(C(NC(=O)CCCNC(=O)c2ccc(F)cc2)c2ccccc2)n[nH]1. The smallest absolute Gasteiger partial charge is 0.251 e. The van der Waals surface area contributed by atoms with E-state index >= 15 is 0 Å². The van der Waals surface area contributed by atoms with Gasteiger partial charge in [-0.15, -0.1) is 0 Å². The van der Waals surface area contributed by atoms with Gasteiger partial charge in [0.2, 0.25) is 5.91 Å². The second kappa shape index (κ2) is 9.59. The van der Waals surface area contributed by atoms with E-state index in [4.69, 9.17) is 0 Å². The third-order valence-electron chi connectivity index (χ3n) is 4.28. The number of aromatic nitrogens is 3. The van der Waals surface area contributed by atoms with E-state index < -0.39 is 11.9 Å². The molecular weight excluding hydrogens is 373 g/mol. The van der Waals surface area contributed by atoms with Crippen molar-refractivity contribution in [2.45, 2.75) is 25.8 Å². The van der Waals surface area contributed by atoms with Gasteiger partial charge in [-0.25, -0.2) is 9.37 Å². The largest absolute Gasteiger partial charge is 0.352 e. The third-order valence-corrected chi connectivity index (χ3v) is 4.28. The van der Waals surface area contributed by atoms with Crippen LogP contribution in [-0.4, -0.2) is 33.5 Å². The summed E-state index contributed by atoms with van der Waals surface area (Å²) in [5.41, 5.74) is 1.25. The number of aromatic amines is 1. The molecule has 0 aliphatic heterocycles. The number of hydrogen-bond donors (Lipinski definition) is 3. The molecule has 0 saturated heterocycles. The first-order chi connectivity index (χ1) is 14.0. The molecule has 2 amide bonds. The first-order valence-corrected chi connectivity index (χ1v) is 9.30. The summed E-state index contributed by atoms with van der Waals surface area (Å²) in [6.45, 7) is 2.13. The lowest BCUT2D eigenvalue weighted by molar-refractivity contribution is -0.121. The number of nitrogens with one attached hydrogen (secondary N) is 3. The van der Waals surface area contributed by atoms with Gasteiger partial charge in [-0.3, -0.25) is 14.7 Å². The monoisotopic (exact) mass is 395 g/mol. The molecule has 0 aliphatic rings. The highest BCUT2D eigenvalue weighted by Gasteiger charge is 2.20. The van der Waals surface area contributed by atoms with Crippen LogP contribution in [0.15, 0.2) is 54.6 Å². The maximum atomic E-state index is 12.9. The minimum absolute atomic E-state index is 0.169. The minimum atomic E-state index is -0.456. The number of halogens is 1. The maximum absolute atomic E-state index is 12.9. The van der Waals surface area contributed by atoms with Gasteiger partial charge in [-0.2, -0.15) is 5.10 Å². The molecule has 8 heteroatoms. The highest BCUT2D eigenvalue weighted by atomic mass is 19.1. The Labute approximate surface area is 167 Å². The van der Waals surface area contributed by atoms with E-state index in [1.807, 2.05) is 30.3 Å². The number of benzene rings is 2. The van der Waals surface area contributed by atoms with Crippen molar-refractivity contribution in [1.82, 2.24) is 25.8 Å². The number of rotatable bonds is 8. The number of aryl methyl sites for hydroxylation is 1. The van der Waals surface area contributed by atoms with Crippen LogP contribution in [0.25, 0.3) is 0 Å². The van der Waals surface area contributed by atoms with Crippen molar-refractivity contribution in [3.63, 3.8) is 0 Å². The summed E-state index contributed by atoms with van der Waals surface area (Å²) in [6.07, 6.45) is 0.698. The highest BCUT2D eigenvalue weighted by molar-refractivity contribution is 5.94. The van der Waals surface area contributed by atoms with E-state index in [1.165, 1.54) is 24.3 Å². The van der Waals surface area contributed by atoms with Gasteiger partial charge in [0, 0.05) is 18.5 Å². The lowest BCUT2D eigenvalue weighted by Gasteiger charge is -2.16. The molecule has 0 aliphatic carbocycles. The predicted molar refractivity (Wildman–Crippen MR) is 106 cm³/mol. The summed E-state index contributed by atoms with van der Waals surface area (Å²) in [4.78, 5) is 28.8. The lowest BCUT2D eigenvalue weighted by Crippen LogP contribution is -2.31. The number of amides is 2. The van der Waals surface area contributed by atoms with Crippen molar-refractivity contribution in [3.05, 3.63) is 83.2 Å². The summed E-state index contributed by atoms with van der Waals surface area (Å²) >= 11 is 0. The van der Waals surface area contributed by atoms with Gasteiger partial charge in [0.1, 0.15) is 17.7 Å². The number of H-pyrrole nitrogens is 1. The maximum Gasteiger partial charge on any atom is 0.251 e. The number of carbonyl (C=O) groups is 2. The molecule has 7 nitrogen and oxygen atoms in total. The highest BCUT2D eigenvalue weighted by Crippen LogP contribution is 2.19. The molecule has 1 heterocycles. The number of nitrogens with zero attached hydrogens (tertiary/aromatic N) is 2. The Morgan fingerprint density at radius 3 is 2.48 bits per heavy atom. The van der Waals surface area contributed by atoms with Gasteiger partial charge < -0.3 is 10.6 Å². The first-order valence-electron chi connectivity index (χ1n) is 9.30. The average molecular weight is 395 g/mol. The molecule has 3 N–H and O–H groups in total. The van der Waals surface area contributed by atoms with E-state index in [1.54, 1.807) is 6.92 Å². The molecule has 0 saturated carbocycles. The van der Waals surface area contributed by atoms with Gasteiger partial charge in [0.05, 0.1) is 0 Å². The van der Waals surface area contributed by atoms with Crippen LogP contribution < -0.4 is 10.6 Å². The van der Waals surface area contributed by atoms with Crippen molar-refractivity contribution in [2.75, 3.05) is 6.54 Å². The minimum Gasteiger partial charge on any atom is -0.352 e. The first kappa shape index (κ1) is 20.2. The molecule has 0 radical (unpaired) electrons. The van der Waals surface area contributed by atoms with Crippen LogP contribution in [0.4, 0.5) is 4.39 Å². The summed E-state index contributed by atoms with van der Waals surface area (Å²) in [5, 5.41) is 12.6. The molecule has 1 unspecified atom stereocenters. The Morgan fingerprint density at radius 2 is 1.83 bits per heavy atom. The fraction of sp³-hybridized carbons (Fsp3) is 0.238. The van der Waals surface area contributed by atoms with Gasteiger partial charge in [-0.05, 0) is 43.2 Å². The molecule has 3 rings (SSSR count). The van der Waals surface area contributed by atoms with Crippen LogP contribution >= 0.6 is 0 Å². The summed E-state index contributed by atoms with van der Waals surface area (Å²) in [7, 11) is 0. The van der Waals surface area contributed by atoms with Gasteiger partial charge in [-0.1, -0.05) is 30.3 Å². The van der Waals surface area contributed by atoms with E-state index in [0.29, 0.717) is 30.2 Å². The molecule has 0 spiro atoms. The zero-order valence-electron chi connectivity index (χ0n) is 16.0. The zero-order valence-corrected chi connectivity index (χ0v) is 16.0. The molecule has 3 aromatic rings. The van der Waals surface area contributed by atoms with Crippen molar-refractivity contribution >= 4 is 11.8 Å². The Morgan fingerprint density at radius 1 is 1.10 bits per heavy atom. The van der Waals surface area contributed by atoms with Crippen LogP contribution in [0.1, 0.15) is 46.5 Å². The quantitative estimate of drug-likeness (QED) is 0.511. The van der Waals surface area contributed by atoms with Crippen LogP contribution in [0.3, 0.4) is 0 Å². The number of carbonyl (C=O) groups excluding carboxylic acids is 2. The second-order valence-electron chi connectivity index (χ2n) is 6.56. The molecule has 2 aromatic carbocycles. The number of hydrogen-bond acceptors (Lipinski definition) is 4. The average Bonchev–Trinajstić information content (AvgIpc) is 3.16. The molecule has 1 atom stereocenters. The zero-order chi connectivity index (χ0) is 20.6. The van der Waals surface area contributed by atoms with Crippen molar-refractivity contribution in [1.29, 1.82) is 0 Å². The Kier molecular flexibility index (Phi) is 6.67. The molecular formula is C21H22FN5O2.